The molecule has 3 aromatic heterocycles. The van der Waals surface area contributed by atoms with Gasteiger partial charge in [-0.15, -0.1) is 16.4 Å². The molecule has 0 fully saturated rings. The standard InChI is InChI=1S/C63H46B5N5/c64-54-53(55(65)57(67)58(68)56(54)66)47-33-32-44(36-50(47)41-18-8-3-9-19-41)72-51-22-12-10-20-45(51)48-34-35-49-46-21-11-13-23-52(46)73(60(49)59(48)72)63-70-61(42-28-24-39(25-29-42)37-14-4-1-5-15-37)69-62(71-63)43-30-26-40(27-31-43)38-16-6-2-7-17-38/h1-36H,64-68H2. The lowest BCUT2D eigenvalue weighted by molar-refractivity contribution is 0.953. The topological polar surface area (TPSA) is 48.5 Å². The lowest BCUT2D eigenvalue weighted by atomic mass is 9.59. The van der Waals surface area contributed by atoms with Crippen LogP contribution in [0.1, 0.15) is 0 Å². The van der Waals surface area contributed by atoms with Gasteiger partial charge >= 0.3 is 0 Å². The summed E-state index contributed by atoms with van der Waals surface area (Å²) in [5, 5.41) is 4.56. The molecule has 10 aromatic carbocycles. The molecule has 0 aliphatic rings. The van der Waals surface area contributed by atoms with Crippen LogP contribution in [0, 0.1) is 0 Å². The molecule has 13 rings (SSSR count). The first-order chi connectivity index (χ1) is 35.8. The minimum atomic E-state index is 0.547. The van der Waals surface area contributed by atoms with E-state index in [-0.39, 0.29) is 0 Å². The minimum absolute atomic E-state index is 0.547. The molecular formula is C63H46B5N5. The molecule has 0 unspecified atom stereocenters. The van der Waals surface area contributed by atoms with Crippen LogP contribution in [-0.2, 0) is 0 Å². The van der Waals surface area contributed by atoms with Crippen molar-refractivity contribution in [3.05, 3.63) is 218 Å². The Morgan fingerprint density at radius 1 is 0.288 bits per heavy atom. The molecule has 3 heterocycles. The van der Waals surface area contributed by atoms with Gasteiger partial charge in [0.05, 0.1) is 22.1 Å². The second-order valence-electron chi connectivity index (χ2n) is 19.3. The van der Waals surface area contributed by atoms with Crippen LogP contribution in [0.15, 0.2) is 218 Å². The van der Waals surface area contributed by atoms with Crippen molar-refractivity contribution in [3.63, 3.8) is 0 Å². The van der Waals surface area contributed by atoms with E-state index in [1.807, 2.05) is 12.1 Å². The molecule has 0 radical (unpaired) electrons. The molecule has 0 aliphatic carbocycles. The van der Waals surface area contributed by atoms with E-state index in [1.165, 1.54) is 55.0 Å². The first-order valence-electron chi connectivity index (χ1n) is 25.1. The molecule has 0 amide bonds. The number of para-hydroxylation sites is 2. The first-order valence-corrected chi connectivity index (χ1v) is 25.1. The Morgan fingerprint density at radius 3 is 1.19 bits per heavy atom. The highest BCUT2D eigenvalue weighted by molar-refractivity contribution is 6.68. The van der Waals surface area contributed by atoms with Gasteiger partial charge in [0.1, 0.15) is 39.2 Å². The van der Waals surface area contributed by atoms with E-state index >= 15 is 0 Å². The van der Waals surface area contributed by atoms with Crippen molar-refractivity contribution in [3.8, 4) is 78.9 Å². The maximum absolute atomic E-state index is 5.47. The van der Waals surface area contributed by atoms with Gasteiger partial charge in [-0.2, -0.15) is 9.97 Å². The van der Waals surface area contributed by atoms with Gasteiger partial charge < -0.3 is 4.57 Å². The van der Waals surface area contributed by atoms with Crippen LogP contribution in [0.5, 0.6) is 0 Å². The van der Waals surface area contributed by atoms with Crippen LogP contribution in [0.25, 0.3) is 123 Å². The summed E-state index contributed by atoms with van der Waals surface area (Å²) in [6, 6.07) is 78.1. The van der Waals surface area contributed by atoms with E-state index in [1.54, 1.807) is 0 Å². The third-order valence-corrected chi connectivity index (χ3v) is 15.4. The van der Waals surface area contributed by atoms with Crippen LogP contribution >= 0.6 is 0 Å². The summed E-state index contributed by atoms with van der Waals surface area (Å²) in [5.74, 6) is 1.74. The number of hydrogen-bond donors (Lipinski definition) is 0. The highest BCUT2D eigenvalue weighted by Gasteiger charge is 2.25. The normalized spacial score (nSPS) is 11.6. The van der Waals surface area contributed by atoms with Crippen molar-refractivity contribution < 1.29 is 0 Å². The maximum Gasteiger partial charge on any atom is 0.238 e. The summed E-state index contributed by atoms with van der Waals surface area (Å²) in [5.41, 5.74) is 23.3. The summed E-state index contributed by atoms with van der Waals surface area (Å²) >= 11 is 0. The summed E-state index contributed by atoms with van der Waals surface area (Å²) in [4.78, 5) is 16.2. The first kappa shape index (κ1) is 44.1. The van der Waals surface area contributed by atoms with Crippen LogP contribution in [-0.4, -0.2) is 63.3 Å². The van der Waals surface area contributed by atoms with Gasteiger partial charge in [-0.05, 0) is 68.8 Å². The zero-order chi connectivity index (χ0) is 49.3. The zero-order valence-corrected chi connectivity index (χ0v) is 41.5. The minimum Gasteiger partial charge on any atom is -0.307 e. The van der Waals surface area contributed by atoms with Gasteiger partial charge in [-0.25, -0.2) is 4.98 Å². The lowest BCUT2D eigenvalue weighted by Crippen LogP contribution is -2.55. The van der Waals surface area contributed by atoms with Crippen LogP contribution in [0.2, 0.25) is 0 Å². The second kappa shape index (κ2) is 17.8. The second-order valence-corrected chi connectivity index (χ2v) is 19.3. The van der Waals surface area contributed by atoms with E-state index in [4.69, 9.17) is 15.0 Å². The fourth-order valence-corrected chi connectivity index (χ4v) is 11.2. The van der Waals surface area contributed by atoms with Crippen LogP contribution in [0.3, 0.4) is 0 Å². The summed E-state index contributed by atoms with van der Waals surface area (Å²) in [6.07, 6.45) is 0. The van der Waals surface area contributed by atoms with Gasteiger partial charge in [0.2, 0.25) is 5.95 Å². The summed E-state index contributed by atoms with van der Waals surface area (Å²) in [7, 11) is 11.4. The van der Waals surface area contributed by atoms with E-state index in [0.29, 0.717) is 17.6 Å². The van der Waals surface area contributed by atoms with E-state index in [2.05, 4.69) is 255 Å². The highest BCUT2D eigenvalue weighted by Crippen LogP contribution is 2.43. The van der Waals surface area contributed by atoms with E-state index in [0.717, 1.165) is 77.3 Å². The number of fused-ring (bicyclic) bond motifs is 7. The molecule has 0 saturated carbocycles. The van der Waals surface area contributed by atoms with Crippen molar-refractivity contribution in [1.82, 2.24) is 24.1 Å². The van der Waals surface area contributed by atoms with Crippen molar-refractivity contribution in [2.24, 2.45) is 0 Å². The van der Waals surface area contributed by atoms with Crippen molar-refractivity contribution in [2.45, 2.75) is 0 Å². The molecule has 0 N–H and O–H groups in total. The molecule has 0 saturated heterocycles. The van der Waals surface area contributed by atoms with E-state index in [9.17, 15) is 0 Å². The molecular weight excluding hydrogens is 881 g/mol. The number of rotatable bonds is 8. The zero-order valence-electron chi connectivity index (χ0n) is 41.5. The molecule has 0 spiro atoms. The van der Waals surface area contributed by atoms with Crippen molar-refractivity contribution in [1.29, 1.82) is 0 Å². The Morgan fingerprint density at radius 2 is 0.685 bits per heavy atom. The van der Waals surface area contributed by atoms with E-state index < -0.39 is 0 Å². The molecule has 0 atom stereocenters. The quantitative estimate of drug-likeness (QED) is 0.150. The van der Waals surface area contributed by atoms with Crippen LogP contribution < -0.4 is 27.3 Å². The number of hydrogen-bond acceptors (Lipinski definition) is 3. The average molecular weight is 927 g/mol. The highest BCUT2D eigenvalue weighted by atomic mass is 15.2. The average Bonchev–Trinajstić information content (AvgIpc) is 3.98. The molecule has 73 heavy (non-hydrogen) atoms. The Bertz CT molecular complexity index is 4160. The SMILES string of the molecule is Bc1c(B)c(B)c(-c2ccc(-n3c4ccccc4c4ccc5c6ccccc6n(-c6nc(-c7ccc(-c8ccccc8)cc7)nc(-c7ccc(-c8ccccc8)cc7)n6)c5c43)cc2-c2ccccc2)c(B)c1B. The van der Waals surface area contributed by atoms with Gasteiger partial charge in [0.25, 0.3) is 0 Å². The molecule has 0 aliphatic heterocycles. The van der Waals surface area contributed by atoms with Gasteiger partial charge in [0, 0.05) is 38.4 Å². The molecule has 10 heteroatoms. The van der Waals surface area contributed by atoms with Crippen molar-refractivity contribution >= 4 is 110 Å². The molecule has 5 nitrogen and oxygen atoms in total. The predicted octanol–water partition coefficient (Wildman–Crippen LogP) is 7.36. The fourth-order valence-electron chi connectivity index (χ4n) is 11.2. The Kier molecular flexibility index (Phi) is 10.7. The van der Waals surface area contributed by atoms with Gasteiger partial charge in [-0.1, -0.05) is 205 Å². The number of benzene rings is 10. The fraction of sp³-hybridized carbons (Fsp3) is 0. The number of aromatic nitrogens is 5. The Labute approximate surface area is 429 Å². The summed E-state index contributed by atoms with van der Waals surface area (Å²) < 4.78 is 4.75. The number of nitrogens with zero attached hydrogens (tertiary/aromatic N) is 5. The Hall–Kier alpha value is -8.87. The van der Waals surface area contributed by atoms with Crippen molar-refractivity contribution in [2.75, 3.05) is 0 Å². The molecule has 0 bridgehead atoms. The predicted molar refractivity (Wildman–Crippen MR) is 322 cm³/mol. The Balaban J connectivity index is 1.09. The van der Waals surface area contributed by atoms with Gasteiger partial charge in [0.15, 0.2) is 11.6 Å². The molecule has 13 aromatic rings. The summed E-state index contributed by atoms with van der Waals surface area (Å²) in [6.45, 7) is 0. The smallest absolute Gasteiger partial charge is 0.238 e. The monoisotopic (exact) mass is 927 g/mol. The third-order valence-electron chi connectivity index (χ3n) is 15.4. The van der Waals surface area contributed by atoms with Crippen LogP contribution in [0.4, 0.5) is 0 Å². The third kappa shape index (κ3) is 7.35. The molecule has 338 valence electrons. The van der Waals surface area contributed by atoms with Gasteiger partial charge in [-0.3, -0.25) is 4.57 Å². The maximum atomic E-state index is 5.47. The largest absolute Gasteiger partial charge is 0.307 e. The lowest BCUT2D eigenvalue weighted by Gasteiger charge is -2.23.